The predicted octanol–water partition coefficient (Wildman–Crippen LogP) is 7.13. The third kappa shape index (κ3) is 3.42. The van der Waals surface area contributed by atoms with Gasteiger partial charge >= 0.3 is 0 Å². The van der Waals surface area contributed by atoms with Crippen LogP contribution < -0.4 is 0 Å². The largest absolute Gasteiger partial charge is 0.299 e. The molecular formula is C28H28N4. The molecule has 4 nitrogen and oxygen atoms in total. The lowest BCUT2D eigenvalue weighted by Gasteiger charge is -2.21. The van der Waals surface area contributed by atoms with Crippen molar-refractivity contribution in [1.29, 1.82) is 0 Å². The van der Waals surface area contributed by atoms with Crippen LogP contribution in [0, 0.1) is 0 Å². The highest BCUT2D eigenvalue weighted by Gasteiger charge is 2.19. The fourth-order valence-electron chi connectivity index (χ4n) is 4.43. The van der Waals surface area contributed by atoms with Crippen LogP contribution in [0.5, 0.6) is 0 Å². The molecule has 0 unspecified atom stereocenters. The van der Waals surface area contributed by atoms with Gasteiger partial charge in [0, 0.05) is 23.6 Å². The van der Waals surface area contributed by atoms with Crippen LogP contribution in [0.2, 0.25) is 0 Å². The third-order valence-electron chi connectivity index (χ3n) is 6.06. The van der Waals surface area contributed by atoms with Crippen LogP contribution in [0.1, 0.15) is 50.7 Å². The van der Waals surface area contributed by atoms with Crippen molar-refractivity contribution < 1.29 is 0 Å². The molecule has 0 amide bonds. The standard InChI is InChI=1S/C28H28N4/c1-19(2)23-11-8-12-24(20(3)4)27(23)31-16-15-29-28(31)21-13-14-25-26(17-21)32(18-30-25)22-9-6-5-7-10-22/h5-20H,1-4H3. The van der Waals surface area contributed by atoms with E-state index in [2.05, 4.69) is 96.5 Å². The first-order chi connectivity index (χ1) is 15.5. The summed E-state index contributed by atoms with van der Waals surface area (Å²) in [5.74, 6) is 1.78. The molecule has 0 atom stereocenters. The molecule has 0 bridgehead atoms. The van der Waals surface area contributed by atoms with E-state index in [0.29, 0.717) is 11.8 Å². The summed E-state index contributed by atoms with van der Waals surface area (Å²) in [4.78, 5) is 9.40. The van der Waals surface area contributed by atoms with Crippen molar-refractivity contribution in [3.05, 3.63) is 96.6 Å². The molecule has 0 spiro atoms. The van der Waals surface area contributed by atoms with Gasteiger partial charge in [-0.1, -0.05) is 64.1 Å². The summed E-state index contributed by atoms with van der Waals surface area (Å²) >= 11 is 0. The van der Waals surface area contributed by atoms with Gasteiger partial charge in [-0.2, -0.15) is 0 Å². The molecule has 0 aliphatic heterocycles. The van der Waals surface area contributed by atoms with Gasteiger partial charge in [0.25, 0.3) is 0 Å². The van der Waals surface area contributed by atoms with E-state index in [0.717, 1.165) is 28.1 Å². The lowest BCUT2D eigenvalue weighted by Crippen LogP contribution is -2.07. The van der Waals surface area contributed by atoms with E-state index in [9.17, 15) is 0 Å². The van der Waals surface area contributed by atoms with E-state index in [4.69, 9.17) is 4.98 Å². The van der Waals surface area contributed by atoms with Gasteiger partial charge in [0.2, 0.25) is 0 Å². The Morgan fingerprint density at radius 1 is 0.719 bits per heavy atom. The average Bonchev–Trinajstić information content (AvgIpc) is 3.45. The van der Waals surface area contributed by atoms with Crippen LogP contribution in [-0.4, -0.2) is 19.1 Å². The van der Waals surface area contributed by atoms with Gasteiger partial charge < -0.3 is 0 Å². The van der Waals surface area contributed by atoms with Crippen molar-refractivity contribution in [2.24, 2.45) is 0 Å². The van der Waals surface area contributed by atoms with Crippen molar-refractivity contribution in [1.82, 2.24) is 19.1 Å². The normalized spacial score (nSPS) is 11.7. The molecule has 0 aliphatic carbocycles. The molecule has 2 heterocycles. The Morgan fingerprint density at radius 3 is 2.12 bits per heavy atom. The number of imidazole rings is 2. The molecule has 32 heavy (non-hydrogen) atoms. The first-order valence-electron chi connectivity index (χ1n) is 11.2. The molecule has 0 aliphatic rings. The maximum atomic E-state index is 4.79. The highest BCUT2D eigenvalue weighted by Crippen LogP contribution is 2.34. The zero-order valence-corrected chi connectivity index (χ0v) is 19.0. The molecule has 4 heteroatoms. The number of aromatic nitrogens is 4. The number of hydrogen-bond acceptors (Lipinski definition) is 2. The molecule has 5 aromatic rings. The zero-order chi connectivity index (χ0) is 22.2. The molecule has 0 radical (unpaired) electrons. The Morgan fingerprint density at radius 2 is 1.44 bits per heavy atom. The van der Waals surface area contributed by atoms with Crippen LogP contribution in [0.25, 0.3) is 33.8 Å². The van der Waals surface area contributed by atoms with Crippen LogP contribution in [0.15, 0.2) is 85.5 Å². The number of para-hydroxylation sites is 2. The van der Waals surface area contributed by atoms with Crippen molar-refractivity contribution in [3.63, 3.8) is 0 Å². The van der Waals surface area contributed by atoms with E-state index in [1.807, 2.05) is 30.7 Å². The summed E-state index contributed by atoms with van der Waals surface area (Å²) < 4.78 is 4.39. The highest BCUT2D eigenvalue weighted by atomic mass is 15.1. The maximum Gasteiger partial charge on any atom is 0.144 e. The molecule has 3 aromatic carbocycles. The predicted molar refractivity (Wildman–Crippen MR) is 132 cm³/mol. The van der Waals surface area contributed by atoms with Gasteiger partial charge in [-0.15, -0.1) is 0 Å². The Kier molecular flexibility index (Phi) is 5.14. The van der Waals surface area contributed by atoms with Crippen LogP contribution in [0.4, 0.5) is 0 Å². The zero-order valence-electron chi connectivity index (χ0n) is 19.0. The monoisotopic (exact) mass is 420 g/mol. The molecule has 0 saturated heterocycles. The minimum Gasteiger partial charge on any atom is -0.299 e. The van der Waals surface area contributed by atoms with Crippen molar-refractivity contribution in [2.45, 2.75) is 39.5 Å². The molecular weight excluding hydrogens is 392 g/mol. The van der Waals surface area contributed by atoms with E-state index in [1.54, 1.807) is 0 Å². The SMILES string of the molecule is CC(C)c1cccc(C(C)C)c1-n1ccnc1-c1ccc2ncn(-c3ccccc3)c2c1. The van der Waals surface area contributed by atoms with E-state index >= 15 is 0 Å². The molecule has 2 aromatic heterocycles. The van der Waals surface area contributed by atoms with Gasteiger partial charge in [0.05, 0.1) is 16.7 Å². The van der Waals surface area contributed by atoms with Crippen LogP contribution in [-0.2, 0) is 0 Å². The fraction of sp³-hybridized carbons (Fsp3) is 0.214. The van der Waals surface area contributed by atoms with Gasteiger partial charge in [-0.3, -0.25) is 9.13 Å². The summed E-state index contributed by atoms with van der Waals surface area (Å²) in [6.07, 6.45) is 5.87. The number of hydrogen-bond donors (Lipinski definition) is 0. The first-order valence-corrected chi connectivity index (χ1v) is 11.2. The van der Waals surface area contributed by atoms with Crippen molar-refractivity contribution in [2.75, 3.05) is 0 Å². The van der Waals surface area contributed by atoms with Gasteiger partial charge in [-0.25, -0.2) is 9.97 Å². The van der Waals surface area contributed by atoms with Crippen molar-refractivity contribution >= 4 is 11.0 Å². The average molecular weight is 421 g/mol. The summed E-state index contributed by atoms with van der Waals surface area (Å²) in [6.45, 7) is 9.02. The Hall–Kier alpha value is -3.66. The minimum absolute atomic E-state index is 0.418. The smallest absolute Gasteiger partial charge is 0.144 e. The fourth-order valence-corrected chi connectivity index (χ4v) is 4.43. The van der Waals surface area contributed by atoms with Crippen molar-refractivity contribution in [3.8, 4) is 22.8 Å². The quantitative estimate of drug-likeness (QED) is 0.303. The van der Waals surface area contributed by atoms with E-state index < -0.39 is 0 Å². The topological polar surface area (TPSA) is 35.6 Å². The summed E-state index contributed by atoms with van der Waals surface area (Å²) in [7, 11) is 0. The molecule has 0 N–H and O–H groups in total. The summed E-state index contributed by atoms with van der Waals surface area (Å²) in [5.41, 5.74) is 8.15. The maximum absolute atomic E-state index is 4.79. The van der Waals surface area contributed by atoms with E-state index in [1.165, 1.54) is 16.8 Å². The lowest BCUT2D eigenvalue weighted by molar-refractivity contribution is 0.807. The second-order valence-electron chi connectivity index (χ2n) is 8.87. The molecule has 5 rings (SSSR count). The molecule has 160 valence electrons. The van der Waals surface area contributed by atoms with Crippen LogP contribution in [0.3, 0.4) is 0 Å². The first kappa shape index (κ1) is 20.3. The second kappa shape index (κ2) is 8.12. The molecule has 0 fully saturated rings. The minimum atomic E-state index is 0.418. The number of fused-ring (bicyclic) bond motifs is 1. The number of nitrogens with zero attached hydrogens (tertiary/aromatic N) is 4. The third-order valence-corrected chi connectivity index (χ3v) is 6.06. The number of benzene rings is 3. The molecule has 0 saturated carbocycles. The Labute approximate surface area is 189 Å². The van der Waals surface area contributed by atoms with Gasteiger partial charge in [0.15, 0.2) is 0 Å². The Bertz CT molecular complexity index is 1350. The highest BCUT2D eigenvalue weighted by molar-refractivity contribution is 5.82. The van der Waals surface area contributed by atoms with Gasteiger partial charge in [-0.05, 0) is 53.3 Å². The summed E-state index contributed by atoms with van der Waals surface area (Å²) in [5, 5.41) is 0. The van der Waals surface area contributed by atoms with E-state index in [-0.39, 0.29) is 0 Å². The van der Waals surface area contributed by atoms with Gasteiger partial charge in [0.1, 0.15) is 12.2 Å². The Balaban J connectivity index is 1.70. The second-order valence-corrected chi connectivity index (χ2v) is 8.87. The summed E-state index contributed by atoms with van der Waals surface area (Å²) in [6, 6.07) is 23.4. The van der Waals surface area contributed by atoms with Crippen LogP contribution >= 0.6 is 0 Å². The lowest BCUT2D eigenvalue weighted by atomic mass is 9.92. The number of rotatable bonds is 5.